The maximum absolute atomic E-state index is 14.2. The molecule has 1 aromatic carbocycles. The van der Waals surface area contributed by atoms with Gasteiger partial charge >= 0.3 is 0 Å². The van der Waals surface area contributed by atoms with Crippen LogP contribution < -0.4 is 0 Å². The van der Waals surface area contributed by atoms with Gasteiger partial charge in [-0.1, -0.05) is 62.8 Å². The minimum atomic E-state index is -0.700. The van der Waals surface area contributed by atoms with Crippen LogP contribution in [0.1, 0.15) is 38.7 Å². The molecule has 6 atom stereocenters. The zero-order chi connectivity index (χ0) is 27.4. The van der Waals surface area contributed by atoms with Crippen LogP contribution in [0.4, 0.5) is 0 Å². The predicted molar refractivity (Wildman–Crippen MR) is 151 cm³/mol. The molecule has 38 heavy (non-hydrogen) atoms. The molecule has 3 amide bonds. The number of hydrogen-bond acceptors (Lipinski definition) is 5. The molecule has 0 aromatic heterocycles. The van der Waals surface area contributed by atoms with Crippen molar-refractivity contribution in [1.29, 1.82) is 0 Å². The second-order valence-electron chi connectivity index (χ2n) is 10.7. The molecule has 1 spiro atoms. The van der Waals surface area contributed by atoms with E-state index in [4.69, 9.17) is 0 Å². The molecule has 206 valence electrons. The number of aliphatic hydroxyl groups is 1. The number of nitrogens with zero attached hydrogens (tertiary/aromatic N) is 3. The van der Waals surface area contributed by atoms with E-state index in [9.17, 15) is 19.5 Å². The Morgan fingerprint density at radius 3 is 2.47 bits per heavy atom. The number of rotatable bonds is 13. The van der Waals surface area contributed by atoms with Gasteiger partial charge in [-0.05, 0) is 24.3 Å². The second kappa shape index (κ2) is 12.1. The van der Waals surface area contributed by atoms with Crippen molar-refractivity contribution in [1.82, 2.24) is 14.7 Å². The number of benzene rings is 1. The van der Waals surface area contributed by atoms with Gasteiger partial charge in [0.05, 0.1) is 23.2 Å². The van der Waals surface area contributed by atoms with Gasteiger partial charge in [-0.3, -0.25) is 14.4 Å². The van der Waals surface area contributed by atoms with Gasteiger partial charge in [-0.25, -0.2) is 0 Å². The summed E-state index contributed by atoms with van der Waals surface area (Å²) in [5.74, 6) is -1.33. The summed E-state index contributed by atoms with van der Waals surface area (Å²) < 4.78 is -0.688. The minimum Gasteiger partial charge on any atom is -0.395 e. The van der Waals surface area contributed by atoms with Crippen LogP contribution in [-0.4, -0.2) is 86.4 Å². The number of β-amino-alcohol motifs (C(OH)–C–C–N with tert-alkyl or cyclic N) is 1. The van der Waals surface area contributed by atoms with E-state index in [1.807, 2.05) is 30.3 Å². The molecule has 3 fully saturated rings. The van der Waals surface area contributed by atoms with Crippen molar-refractivity contribution in [3.63, 3.8) is 0 Å². The Morgan fingerprint density at radius 1 is 1.16 bits per heavy atom. The monoisotopic (exact) mass is 539 g/mol. The Morgan fingerprint density at radius 2 is 1.84 bits per heavy atom. The van der Waals surface area contributed by atoms with Gasteiger partial charge in [-0.2, -0.15) is 0 Å². The van der Waals surface area contributed by atoms with Crippen LogP contribution in [0.3, 0.4) is 0 Å². The lowest BCUT2D eigenvalue weighted by Crippen LogP contribution is -2.57. The molecule has 3 unspecified atom stereocenters. The number of thioether (sulfide) groups is 1. The third-order valence-corrected chi connectivity index (χ3v) is 10.5. The van der Waals surface area contributed by atoms with Gasteiger partial charge in [-0.15, -0.1) is 24.9 Å². The van der Waals surface area contributed by atoms with E-state index in [2.05, 4.69) is 27.0 Å². The number of hydrogen-bond donors (Lipinski definition) is 1. The summed E-state index contributed by atoms with van der Waals surface area (Å²) in [6.07, 6.45) is 6.04. The predicted octanol–water partition coefficient (Wildman–Crippen LogP) is 3.35. The number of carbonyl (C=O) groups excluding carboxylic acids is 3. The van der Waals surface area contributed by atoms with E-state index in [1.54, 1.807) is 38.6 Å². The molecular formula is C30H41N3O4S. The summed E-state index contributed by atoms with van der Waals surface area (Å²) in [6, 6.07) is 9.13. The van der Waals surface area contributed by atoms with Crippen LogP contribution in [0.25, 0.3) is 0 Å². The van der Waals surface area contributed by atoms with Gasteiger partial charge in [0.15, 0.2) is 0 Å². The molecule has 0 radical (unpaired) electrons. The molecule has 1 aromatic rings. The molecule has 3 aliphatic heterocycles. The highest BCUT2D eigenvalue weighted by Crippen LogP contribution is 2.68. The average molecular weight is 540 g/mol. The Hall–Kier alpha value is -2.58. The first-order valence-electron chi connectivity index (χ1n) is 13.8. The normalized spacial score (nSPS) is 29.3. The van der Waals surface area contributed by atoms with Crippen molar-refractivity contribution in [2.24, 2.45) is 17.8 Å². The van der Waals surface area contributed by atoms with Crippen LogP contribution in [0.2, 0.25) is 0 Å². The first kappa shape index (κ1) is 28.4. The lowest BCUT2D eigenvalue weighted by atomic mass is 9.65. The van der Waals surface area contributed by atoms with E-state index in [0.717, 1.165) is 24.8 Å². The lowest BCUT2D eigenvalue weighted by Gasteiger charge is -2.41. The van der Waals surface area contributed by atoms with E-state index < -0.39 is 22.6 Å². The zero-order valence-corrected chi connectivity index (χ0v) is 23.4. The summed E-state index contributed by atoms with van der Waals surface area (Å²) in [4.78, 5) is 47.6. The van der Waals surface area contributed by atoms with Crippen molar-refractivity contribution in [2.75, 3.05) is 32.8 Å². The van der Waals surface area contributed by atoms with Crippen molar-refractivity contribution in [2.45, 2.75) is 55.7 Å². The molecule has 1 N–H and O–H groups in total. The molecule has 0 aliphatic carbocycles. The summed E-state index contributed by atoms with van der Waals surface area (Å²) in [5, 5.41) is 9.87. The van der Waals surface area contributed by atoms with Gasteiger partial charge in [0.2, 0.25) is 17.7 Å². The van der Waals surface area contributed by atoms with Crippen molar-refractivity contribution in [3.05, 3.63) is 61.2 Å². The summed E-state index contributed by atoms with van der Waals surface area (Å²) >= 11 is 1.67. The number of unbranched alkanes of at least 4 members (excludes halogenated alkanes) is 1. The first-order valence-corrected chi connectivity index (χ1v) is 14.7. The molecule has 7 nitrogen and oxygen atoms in total. The molecule has 8 heteroatoms. The Kier molecular flexibility index (Phi) is 9.04. The standard InChI is InChI=1S/C30H41N3O4S/c1-5-8-16-31(14-6-2)29(37)26-30-21(4)19-23(38-30)24(25(30)28(36)33(26)17-18-34)27(35)32(15-7-3)20-22-12-10-9-11-13-22/h6-7,9-13,21,23-26,34H,2-3,5,8,14-20H2,1,4H3/t21?,23-,24+,25-,26?,30?/m0/s1. The van der Waals surface area contributed by atoms with Crippen molar-refractivity contribution < 1.29 is 19.5 Å². The van der Waals surface area contributed by atoms with Crippen molar-refractivity contribution in [3.8, 4) is 0 Å². The molecule has 0 saturated carbocycles. The maximum atomic E-state index is 14.2. The lowest BCUT2D eigenvalue weighted by molar-refractivity contribution is -0.145. The third-order valence-electron chi connectivity index (χ3n) is 8.43. The van der Waals surface area contributed by atoms with Gasteiger partial charge in [0.25, 0.3) is 0 Å². The highest BCUT2D eigenvalue weighted by molar-refractivity contribution is 8.02. The minimum absolute atomic E-state index is 0.0235. The van der Waals surface area contributed by atoms with Gasteiger partial charge < -0.3 is 19.8 Å². The SMILES string of the molecule is C=CCN(CCCC)C(=O)C1N(CCO)C(=O)[C@@H]2[C@H](C(=O)N(CC=C)Cc3ccccc3)[C@@H]3CC(C)C12S3. The number of likely N-dealkylation sites (tertiary alicyclic amines) is 1. The largest absolute Gasteiger partial charge is 0.395 e. The topological polar surface area (TPSA) is 81.2 Å². The fourth-order valence-electron chi connectivity index (χ4n) is 6.80. The fraction of sp³-hybridized carbons (Fsp3) is 0.567. The number of fused-ring (bicyclic) bond motifs is 1. The zero-order valence-electron chi connectivity index (χ0n) is 22.6. The van der Waals surface area contributed by atoms with E-state index >= 15 is 0 Å². The van der Waals surface area contributed by atoms with Crippen LogP contribution in [0, 0.1) is 17.8 Å². The number of carbonyl (C=O) groups is 3. The molecule has 2 bridgehead atoms. The van der Waals surface area contributed by atoms with Crippen LogP contribution in [0.15, 0.2) is 55.6 Å². The Labute approximate surface area is 230 Å². The Bertz CT molecular complexity index is 1050. The van der Waals surface area contributed by atoms with E-state index in [-0.39, 0.29) is 42.0 Å². The van der Waals surface area contributed by atoms with Crippen molar-refractivity contribution >= 4 is 29.5 Å². The number of amides is 3. The Balaban J connectivity index is 1.71. The van der Waals surface area contributed by atoms with Crippen LogP contribution in [-0.2, 0) is 20.9 Å². The molecule has 4 rings (SSSR count). The smallest absolute Gasteiger partial charge is 0.247 e. The average Bonchev–Trinajstić information content (AvgIpc) is 3.50. The first-order chi connectivity index (χ1) is 18.3. The third kappa shape index (κ3) is 4.81. The fourth-order valence-corrected chi connectivity index (χ4v) is 9.21. The highest BCUT2D eigenvalue weighted by Gasteiger charge is 2.76. The second-order valence-corrected chi connectivity index (χ2v) is 12.3. The maximum Gasteiger partial charge on any atom is 0.247 e. The molecular weight excluding hydrogens is 498 g/mol. The molecule has 3 heterocycles. The summed E-state index contributed by atoms with van der Waals surface area (Å²) in [5.41, 5.74) is 1.02. The van der Waals surface area contributed by atoms with Gasteiger partial charge in [0, 0.05) is 38.0 Å². The molecule has 3 saturated heterocycles. The summed E-state index contributed by atoms with van der Waals surface area (Å²) in [6.45, 7) is 13.6. The summed E-state index contributed by atoms with van der Waals surface area (Å²) in [7, 11) is 0. The van der Waals surface area contributed by atoms with E-state index in [1.165, 1.54) is 0 Å². The van der Waals surface area contributed by atoms with Gasteiger partial charge in [0.1, 0.15) is 6.04 Å². The van der Waals surface area contributed by atoms with E-state index in [0.29, 0.717) is 26.2 Å². The highest BCUT2D eigenvalue weighted by atomic mass is 32.2. The van der Waals surface area contributed by atoms with Crippen LogP contribution >= 0.6 is 11.8 Å². The number of aliphatic hydroxyl groups excluding tert-OH is 1. The molecule has 3 aliphatic rings. The quantitative estimate of drug-likeness (QED) is 0.389. The van der Waals surface area contributed by atoms with Crippen LogP contribution in [0.5, 0.6) is 0 Å².